The first-order valence-electron chi connectivity index (χ1n) is 8.21. The molecule has 8 heteroatoms. The second-order valence-corrected chi connectivity index (χ2v) is 5.48. The van der Waals surface area contributed by atoms with Gasteiger partial charge in [0, 0.05) is 5.56 Å². The van der Waals surface area contributed by atoms with Crippen molar-refractivity contribution in [3.05, 3.63) is 41.5 Å². The number of esters is 1. The van der Waals surface area contributed by atoms with Crippen LogP contribution < -0.4 is 23.7 Å². The average Bonchev–Trinajstić information content (AvgIpc) is 2.75. The number of Topliss-reactive ketones (excluding diaryl/α,β-unsaturated/α-hetero) is 1. The highest BCUT2D eigenvalue weighted by molar-refractivity contribution is 6.00. The Kier molecular flexibility index (Phi) is 7.08. The van der Waals surface area contributed by atoms with E-state index in [2.05, 4.69) is 0 Å². The van der Waals surface area contributed by atoms with Gasteiger partial charge in [-0.1, -0.05) is 0 Å². The summed E-state index contributed by atoms with van der Waals surface area (Å²) in [5.41, 5.74) is 0.491. The first-order valence-corrected chi connectivity index (χ1v) is 8.21. The predicted octanol–water partition coefficient (Wildman–Crippen LogP) is 2.77. The molecule has 0 aliphatic carbocycles. The molecule has 0 fully saturated rings. The van der Waals surface area contributed by atoms with Crippen molar-refractivity contribution < 1.29 is 38.0 Å². The molecule has 0 aliphatic rings. The number of rotatable bonds is 9. The van der Waals surface area contributed by atoms with Gasteiger partial charge in [-0.25, -0.2) is 4.79 Å². The summed E-state index contributed by atoms with van der Waals surface area (Å²) in [5.74, 6) is 0.774. The summed E-state index contributed by atoms with van der Waals surface area (Å²) in [7, 11) is 7.30. The van der Waals surface area contributed by atoms with Crippen molar-refractivity contribution in [1.82, 2.24) is 0 Å². The topological polar surface area (TPSA) is 89.5 Å². The Morgan fingerprint density at radius 2 is 1.21 bits per heavy atom. The van der Waals surface area contributed by atoms with Crippen LogP contribution in [-0.4, -0.2) is 53.9 Å². The SMILES string of the molecule is COc1ccc(C(=O)COC(=O)c2cc(OC)c(OC)c(OC)c2)cc1OC. The van der Waals surface area contributed by atoms with Crippen molar-refractivity contribution in [3.63, 3.8) is 0 Å². The minimum absolute atomic E-state index is 0.162. The Morgan fingerprint density at radius 3 is 1.71 bits per heavy atom. The molecule has 0 saturated carbocycles. The van der Waals surface area contributed by atoms with Gasteiger partial charge in [0.25, 0.3) is 0 Å². The zero-order chi connectivity index (χ0) is 20.7. The third kappa shape index (κ3) is 4.46. The van der Waals surface area contributed by atoms with Gasteiger partial charge >= 0.3 is 5.97 Å². The molecule has 150 valence electrons. The van der Waals surface area contributed by atoms with Crippen molar-refractivity contribution in [1.29, 1.82) is 0 Å². The van der Waals surface area contributed by atoms with Crippen LogP contribution in [0.3, 0.4) is 0 Å². The highest BCUT2D eigenvalue weighted by atomic mass is 16.5. The van der Waals surface area contributed by atoms with Gasteiger partial charge in [0.05, 0.1) is 41.1 Å². The maximum Gasteiger partial charge on any atom is 0.338 e. The molecule has 2 aromatic rings. The molecule has 28 heavy (non-hydrogen) atoms. The van der Waals surface area contributed by atoms with Crippen LogP contribution in [0.2, 0.25) is 0 Å². The summed E-state index contributed by atoms with van der Waals surface area (Å²) >= 11 is 0. The van der Waals surface area contributed by atoms with Crippen LogP contribution in [0.4, 0.5) is 0 Å². The monoisotopic (exact) mass is 390 g/mol. The van der Waals surface area contributed by atoms with E-state index in [1.165, 1.54) is 53.7 Å². The summed E-state index contributed by atoms with van der Waals surface area (Å²) < 4.78 is 31.1. The fourth-order valence-electron chi connectivity index (χ4n) is 2.51. The second kappa shape index (κ2) is 9.50. The lowest BCUT2D eigenvalue weighted by Gasteiger charge is -2.13. The van der Waals surface area contributed by atoms with Crippen LogP contribution >= 0.6 is 0 Å². The number of carbonyl (C=O) groups excluding carboxylic acids is 2. The molecule has 0 bridgehead atoms. The summed E-state index contributed by atoms with van der Waals surface area (Å²) in [6.07, 6.45) is 0. The number of carbonyl (C=O) groups is 2. The van der Waals surface area contributed by atoms with Crippen molar-refractivity contribution in [2.75, 3.05) is 42.2 Å². The average molecular weight is 390 g/mol. The first-order chi connectivity index (χ1) is 13.5. The van der Waals surface area contributed by atoms with Gasteiger partial charge in [0.2, 0.25) is 5.75 Å². The van der Waals surface area contributed by atoms with E-state index in [1.807, 2.05) is 0 Å². The van der Waals surface area contributed by atoms with E-state index in [-0.39, 0.29) is 11.3 Å². The van der Waals surface area contributed by atoms with Crippen LogP contribution in [-0.2, 0) is 4.74 Å². The first kappa shape index (κ1) is 20.9. The molecule has 0 unspecified atom stereocenters. The Balaban J connectivity index is 2.14. The summed E-state index contributed by atoms with van der Waals surface area (Å²) in [4.78, 5) is 24.7. The van der Waals surface area contributed by atoms with Gasteiger partial charge in [-0.2, -0.15) is 0 Å². The van der Waals surface area contributed by atoms with Gasteiger partial charge < -0.3 is 28.4 Å². The molecule has 0 aliphatic heterocycles. The number of benzene rings is 2. The normalized spacial score (nSPS) is 10.0. The van der Waals surface area contributed by atoms with E-state index in [9.17, 15) is 9.59 Å². The third-order valence-corrected chi connectivity index (χ3v) is 3.94. The summed E-state index contributed by atoms with van der Waals surface area (Å²) in [5, 5.41) is 0. The Morgan fingerprint density at radius 1 is 0.679 bits per heavy atom. The lowest BCUT2D eigenvalue weighted by atomic mass is 10.1. The van der Waals surface area contributed by atoms with Crippen LogP contribution in [0.15, 0.2) is 30.3 Å². The number of ether oxygens (including phenoxy) is 6. The number of methoxy groups -OCH3 is 5. The van der Waals surface area contributed by atoms with Gasteiger partial charge in [0.15, 0.2) is 35.4 Å². The maximum atomic E-state index is 12.4. The molecule has 0 N–H and O–H groups in total. The van der Waals surface area contributed by atoms with Crippen molar-refractivity contribution in [3.8, 4) is 28.7 Å². The molecular weight excluding hydrogens is 368 g/mol. The lowest BCUT2D eigenvalue weighted by Crippen LogP contribution is -2.15. The van der Waals surface area contributed by atoms with Crippen LogP contribution in [0.25, 0.3) is 0 Å². The lowest BCUT2D eigenvalue weighted by molar-refractivity contribution is 0.0474. The minimum atomic E-state index is -0.701. The van der Waals surface area contributed by atoms with Crippen LogP contribution in [0.5, 0.6) is 28.7 Å². The molecule has 0 aromatic heterocycles. The van der Waals surface area contributed by atoms with Crippen LogP contribution in [0.1, 0.15) is 20.7 Å². The quantitative estimate of drug-likeness (QED) is 0.477. The zero-order valence-electron chi connectivity index (χ0n) is 16.4. The molecule has 0 spiro atoms. The Labute approximate surface area is 162 Å². The number of hydrogen-bond acceptors (Lipinski definition) is 8. The number of ketones is 1. The standard InChI is InChI=1S/C20H22O8/c1-23-15-7-6-12(8-16(15)24-2)14(21)11-28-20(22)13-9-17(25-3)19(27-5)18(10-13)26-4/h6-10H,11H2,1-5H3. The van der Waals surface area contributed by atoms with Gasteiger partial charge in [-0.3, -0.25) is 4.79 Å². The maximum absolute atomic E-state index is 12.4. The van der Waals surface area contributed by atoms with Crippen molar-refractivity contribution in [2.45, 2.75) is 0 Å². The highest BCUT2D eigenvalue weighted by Gasteiger charge is 2.19. The smallest absolute Gasteiger partial charge is 0.338 e. The van der Waals surface area contributed by atoms with Crippen molar-refractivity contribution in [2.24, 2.45) is 0 Å². The van der Waals surface area contributed by atoms with Gasteiger partial charge in [0.1, 0.15) is 0 Å². The largest absolute Gasteiger partial charge is 0.493 e. The van der Waals surface area contributed by atoms with Gasteiger partial charge in [-0.15, -0.1) is 0 Å². The third-order valence-electron chi connectivity index (χ3n) is 3.94. The molecule has 2 rings (SSSR count). The Bertz CT molecular complexity index is 834. The Hall–Kier alpha value is -3.42. The van der Waals surface area contributed by atoms with E-state index < -0.39 is 12.6 Å². The van der Waals surface area contributed by atoms with E-state index >= 15 is 0 Å². The predicted molar refractivity (Wildman–Crippen MR) is 100 cm³/mol. The second-order valence-electron chi connectivity index (χ2n) is 5.48. The van der Waals surface area contributed by atoms with E-state index in [0.29, 0.717) is 34.3 Å². The molecule has 0 amide bonds. The van der Waals surface area contributed by atoms with E-state index in [1.54, 1.807) is 12.1 Å². The summed E-state index contributed by atoms with van der Waals surface area (Å²) in [6.45, 7) is -0.440. The molecule has 8 nitrogen and oxygen atoms in total. The molecule has 0 saturated heterocycles. The molecular formula is C20H22O8. The number of hydrogen-bond donors (Lipinski definition) is 0. The molecule has 2 aromatic carbocycles. The highest BCUT2D eigenvalue weighted by Crippen LogP contribution is 2.38. The van der Waals surface area contributed by atoms with E-state index in [0.717, 1.165) is 0 Å². The van der Waals surface area contributed by atoms with Gasteiger partial charge in [-0.05, 0) is 30.3 Å². The minimum Gasteiger partial charge on any atom is -0.493 e. The summed E-state index contributed by atoms with van der Waals surface area (Å²) in [6, 6.07) is 7.59. The molecule has 0 radical (unpaired) electrons. The van der Waals surface area contributed by atoms with Crippen molar-refractivity contribution >= 4 is 11.8 Å². The zero-order valence-corrected chi connectivity index (χ0v) is 16.4. The van der Waals surface area contributed by atoms with E-state index in [4.69, 9.17) is 28.4 Å². The fraction of sp³-hybridized carbons (Fsp3) is 0.300. The molecule has 0 atom stereocenters. The van der Waals surface area contributed by atoms with Crippen LogP contribution in [0, 0.1) is 0 Å². The fourth-order valence-corrected chi connectivity index (χ4v) is 2.51. The molecule has 0 heterocycles.